The second-order valence-corrected chi connectivity index (χ2v) is 7.03. The monoisotopic (exact) mass is 396 g/mol. The summed E-state index contributed by atoms with van der Waals surface area (Å²) in [6.45, 7) is 5.86. The average molecular weight is 396 g/mol. The van der Waals surface area contributed by atoms with Crippen molar-refractivity contribution in [1.29, 1.82) is 0 Å². The van der Waals surface area contributed by atoms with Crippen molar-refractivity contribution in [2.24, 2.45) is 0 Å². The summed E-state index contributed by atoms with van der Waals surface area (Å²) >= 11 is 0. The highest BCUT2D eigenvalue weighted by Gasteiger charge is 2.21. The molecule has 1 aromatic carbocycles. The Labute approximate surface area is 166 Å². The van der Waals surface area contributed by atoms with Gasteiger partial charge < -0.3 is 20.1 Å². The van der Waals surface area contributed by atoms with Gasteiger partial charge in [0, 0.05) is 44.7 Å². The van der Waals surface area contributed by atoms with Crippen LogP contribution in [0.2, 0.25) is 0 Å². The number of nitrogens with one attached hydrogen (secondary N) is 2. The normalized spacial score (nSPS) is 14.3. The lowest BCUT2D eigenvalue weighted by Gasteiger charge is -2.34. The van der Waals surface area contributed by atoms with Crippen LogP contribution in [0.3, 0.4) is 0 Å². The number of carbonyl (C=O) groups is 2. The predicted octanol–water partition coefficient (Wildman–Crippen LogP) is 2.33. The SMILES string of the molecule is CC(=O)N1CCN(c2nccc(NC(=O)c3cc4c(F)ccc(C)c4[nH]3)n2)CC1. The van der Waals surface area contributed by atoms with Gasteiger partial charge in [-0.15, -0.1) is 0 Å². The van der Waals surface area contributed by atoms with E-state index in [2.05, 4.69) is 20.3 Å². The number of H-pyrrole nitrogens is 1. The number of fused-ring (bicyclic) bond motifs is 1. The largest absolute Gasteiger partial charge is 0.350 e. The number of aromatic nitrogens is 3. The van der Waals surface area contributed by atoms with E-state index in [1.807, 2.05) is 11.8 Å². The second-order valence-electron chi connectivity index (χ2n) is 7.03. The van der Waals surface area contributed by atoms with E-state index in [0.717, 1.165) is 5.56 Å². The summed E-state index contributed by atoms with van der Waals surface area (Å²) in [4.78, 5) is 39.5. The summed E-state index contributed by atoms with van der Waals surface area (Å²) in [6.07, 6.45) is 1.57. The van der Waals surface area contributed by atoms with E-state index in [-0.39, 0.29) is 17.4 Å². The van der Waals surface area contributed by atoms with Crippen molar-refractivity contribution in [1.82, 2.24) is 19.9 Å². The van der Waals surface area contributed by atoms with Crippen LogP contribution in [0.25, 0.3) is 10.9 Å². The number of hydrogen-bond donors (Lipinski definition) is 2. The zero-order chi connectivity index (χ0) is 20.5. The van der Waals surface area contributed by atoms with E-state index in [1.54, 1.807) is 30.2 Å². The van der Waals surface area contributed by atoms with Crippen molar-refractivity contribution in [3.8, 4) is 0 Å². The molecule has 29 heavy (non-hydrogen) atoms. The first kappa shape index (κ1) is 18.9. The number of anilines is 2. The fraction of sp³-hybridized carbons (Fsp3) is 0.300. The number of aryl methyl sites for hydroxylation is 1. The number of piperazine rings is 1. The molecule has 3 heterocycles. The third-order valence-electron chi connectivity index (χ3n) is 5.09. The Morgan fingerprint density at radius 2 is 1.93 bits per heavy atom. The Hall–Kier alpha value is -3.49. The molecule has 8 nitrogen and oxygen atoms in total. The molecular weight excluding hydrogens is 375 g/mol. The molecule has 2 aromatic heterocycles. The number of carbonyl (C=O) groups excluding carboxylic acids is 2. The zero-order valence-corrected chi connectivity index (χ0v) is 16.2. The van der Waals surface area contributed by atoms with Crippen molar-refractivity contribution in [2.75, 3.05) is 36.4 Å². The van der Waals surface area contributed by atoms with Crippen molar-refractivity contribution < 1.29 is 14.0 Å². The third kappa shape index (κ3) is 3.75. The maximum atomic E-state index is 14.0. The minimum absolute atomic E-state index is 0.0524. The molecular formula is C20H21FN6O2. The van der Waals surface area contributed by atoms with E-state index in [4.69, 9.17) is 0 Å². The Morgan fingerprint density at radius 1 is 1.17 bits per heavy atom. The van der Waals surface area contributed by atoms with E-state index in [9.17, 15) is 14.0 Å². The first-order valence-corrected chi connectivity index (χ1v) is 9.35. The predicted molar refractivity (Wildman–Crippen MR) is 107 cm³/mol. The molecule has 1 fully saturated rings. The van der Waals surface area contributed by atoms with E-state index < -0.39 is 5.91 Å². The maximum absolute atomic E-state index is 14.0. The molecule has 0 unspecified atom stereocenters. The molecule has 4 rings (SSSR count). The molecule has 3 aromatic rings. The molecule has 1 aliphatic rings. The number of aromatic amines is 1. The number of rotatable bonds is 3. The molecule has 0 saturated carbocycles. The molecule has 2 amide bonds. The van der Waals surface area contributed by atoms with Gasteiger partial charge in [0.2, 0.25) is 11.9 Å². The molecule has 0 spiro atoms. The van der Waals surface area contributed by atoms with Crippen molar-refractivity contribution in [3.05, 3.63) is 47.5 Å². The van der Waals surface area contributed by atoms with E-state index >= 15 is 0 Å². The summed E-state index contributed by atoms with van der Waals surface area (Å²) in [6, 6.07) is 6.14. The first-order chi connectivity index (χ1) is 13.9. The third-order valence-corrected chi connectivity index (χ3v) is 5.09. The van der Waals surface area contributed by atoms with Gasteiger partial charge >= 0.3 is 0 Å². The van der Waals surface area contributed by atoms with Crippen LogP contribution in [0.15, 0.2) is 30.5 Å². The maximum Gasteiger partial charge on any atom is 0.273 e. The van der Waals surface area contributed by atoms with Gasteiger partial charge in [-0.1, -0.05) is 6.07 Å². The van der Waals surface area contributed by atoms with Gasteiger partial charge in [-0.2, -0.15) is 4.98 Å². The highest BCUT2D eigenvalue weighted by atomic mass is 19.1. The van der Waals surface area contributed by atoms with Gasteiger partial charge in [-0.05, 0) is 30.7 Å². The van der Waals surface area contributed by atoms with Crippen LogP contribution in [-0.2, 0) is 4.79 Å². The lowest BCUT2D eigenvalue weighted by atomic mass is 10.1. The molecule has 150 valence electrons. The fourth-order valence-corrected chi connectivity index (χ4v) is 3.42. The molecule has 0 radical (unpaired) electrons. The Bertz CT molecular complexity index is 1050. The number of halogens is 1. The summed E-state index contributed by atoms with van der Waals surface area (Å²) in [5, 5.41) is 3.11. The quantitative estimate of drug-likeness (QED) is 0.709. The lowest BCUT2D eigenvalue weighted by Crippen LogP contribution is -2.48. The van der Waals surface area contributed by atoms with Crippen LogP contribution in [0, 0.1) is 12.7 Å². The minimum Gasteiger partial charge on any atom is -0.350 e. The van der Waals surface area contributed by atoms with Crippen LogP contribution in [0.1, 0.15) is 23.0 Å². The van der Waals surface area contributed by atoms with Gasteiger partial charge in [0.05, 0.1) is 5.52 Å². The number of nitrogens with zero attached hydrogens (tertiary/aromatic N) is 4. The summed E-state index contributed by atoms with van der Waals surface area (Å²) in [5.74, 6) is 0.104. The fourth-order valence-electron chi connectivity index (χ4n) is 3.42. The molecule has 0 aliphatic carbocycles. The Kier molecular flexibility index (Phi) is 4.87. The van der Waals surface area contributed by atoms with Crippen molar-refractivity contribution in [2.45, 2.75) is 13.8 Å². The van der Waals surface area contributed by atoms with Gasteiger partial charge in [-0.3, -0.25) is 9.59 Å². The minimum atomic E-state index is -0.411. The van der Waals surface area contributed by atoms with Gasteiger partial charge in [0.25, 0.3) is 5.91 Å². The zero-order valence-electron chi connectivity index (χ0n) is 16.2. The van der Waals surface area contributed by atoms with Gasteiger partial charge in [-0.25, -0.2) is 9.37 Å². The first-order valence-electron chi connectivity index (χ1n) is 9.35. The van der Waals surface area contributed by atoms with Crippen LogP contribution >= 0.6 is 0 Å². The molecule has 2 N–H and O–H groups in total. The summed E-state index contributed by atoms with van der Waals surface area (Å²) in [7, 11) is 0. The molecule has 1 aliphatic heterocycles. The van der Waals surface area contributed by atoms with Gasteiger partial charge in [0.15, 0.2) is 0 Å². The smallest absolute Gasteiger partial charge is 0.273 e. The highest BCUT2D eigenvalue weighted by molar-refractivity contribution is 6.05. The second kappa shape index (κ2) is 7.50. The topological polar surface area (TPSA) is 94.2 Å². The Morgan fingerprint density at radius 3 is 2.62 bits per heavy atom. The number of amides is 2. The Balaban J connectivity index is 1.50. The molecule has 9 heteroatoms. The number of hydrogen-bond acceptors (Lipinski definition) is 5. The summed E-state index contributed by atoms with van der Waals surface area (Å²) in [5.41, 5.74) is 1.71. The van der Waals surface area contributed by atoms with E-state index in [0.29, 0.717) is 48.8 Å². The van der Waals surface area contributed by atoms with Crippen LogP contribution < -0.4 is 10.2 Å². The van der Waals surface area contributed by atoms with Gasteiger partial charge in [0.1, 0.15) is 17.3 Å². The van der Waals surface area contributed by atoms with Crippen molar-refractivity contribution >= 4 is 34.5 Å². The lowest BCUT2D eigenvalue weighted by molar-refractivity contribution is -0.129. The standard InChI is InChI=1S/C20H21FN6O2/c1-12-3-4-15(21)14-11-16(23-18(12)14)19(29)24-17-5-6-22-20(25-17)27-9-7-26(8-10-27)13(2)28/h3-6,11,23H,7-10H2,1-2H3,(H,22,24,25,29). The van der Waals surface area contributed by atoms with Crippen LogP contribution in [0.5, 0.6) is 0 Å². The van der Waals surface area contributed by atoms with Crippen LogP contribution in [0.4, 0.5) is 16.2 Å². The van der Waals surface area contributed by atoms with Crippen molar-refractivity contribution in [3.63, 3.8) is 0 Å². The number of benzene rings is 1. The molecule has 0 bridgehead atoms. The molecule has 1 saturated heterocycles. The average Bonchev–Trinajstić information content (AvgIpc) is 3.18. The molecule has 0 atom stereocenters. The van der Waals surface area contributed by atoms with E-state index in [1.165, 1.54) is 12.1 Å². The summed E-state index contributed by atoms with van der Waals surface area (Å²) < 4.78 is 14.0. The van der Waals surface area contributed by atoms with Crippen LogP contribution in [-0.4, -0.2) is 57.8 Å². The highest BCUT2D eigenvalue weighted by Crippen LogP contribution is 2.23.